The molecule has 0 saturated heterocycles. The molecule has 2 aromatic rings. The zero-order chi connectivity index (χ0) is 25.0. The van der Waals surface area contributed by atoms with E-state index in [2.05, 4.69) is 11.0 Å². The van der Waals surface area contributed by atoms with Crippen LogP contribution in [0.3, 0.4) is 0 Å². The van der Waals surface area contributed by atoms with Crippen LogP contribution in [0.1, 0.15) is 65.5 Å². The molecule has 0 radical (unpaired) electrons. The molecule has 0 aromatic heterocycles. The van der Waals surface area contributed by atoms with E-state index in [9.17, 15) is 14.4 Å². The molecular weight excluding hydrogens is 448 g/mol. The normalized spacial score (nSPS) is 15.7. The van der Waals surface area contributed by atoms with E-state index in [0.29, 0.717) is 17.5 Å². The van der Waals surface area contributed by atoms with Crippen molar-refractivity contribution in [3.8, 4) is 5.75 Å². The van der Waals surface area contributed by atoms with E-state index in [4.69, 9.17) is 14.3 Å². The topological polar surface area (TPSA) is 85.4 Å². The maximum absolute atomic E-state index is 12.3. The molecule has 0 aliphatic carbocycles. The van der Waals surface area contributed by atoms with Crippen LogP contribution in [0.5, 0.6) is 5.75 Å². The van der Waals surface area contributed by atoms with Gasteiger partial charge in [0.2, 0.25) is 0 Å². The molecule has 0 unspecified atom stereocenters. The van der Waals surface area contributed by atoms with Gasteiger partial charge in [-0.2, -0.15) is 0 Å². The Balaban J connectivity index is 1.19. The van der Waals surface area contributed by atoms with E-state index in [-0.39, 0.29) is 19.2 Å². The lowest BCUT2D eigenvalue weighted by molar-refractivity contribution is -0.155. The van der Waals surface area contributed by atoms with Crippen molar-refractivity contribution >= 4 is 17.8 Å². The number of carbonyl (C=O) groups excluding carboxylic acids is 3. The van der Waals surface area contributed by atoms with E-state index in [0.717, 1.165) is 43.3 Å². The number of esters is 1. The van der Waals surface area contributed by atoms with Crippen molar-refractivity contribution in [1.29, 1.82) is 0 Å². The number of ether oxygens (including phenoxy) is 2. The van der Waals surface area contributed by atoms with E-state index in [1.54, 1.807) is 24.3 Å². The molecule has 35 heavy (non-hydrogen) atoms. The number of benzene rings is 2. The lowest BCUT2D eigenvalue weighted by Crippen LogP contribution is -2.32. The largest absolute Gasteiger partial charge is 0.491 e. The summed E-state index contributed by atoms with van der Waals surface area (Å²) in [7, 11) is 0. The summed E-state index contributed by atoms with van der Waals surface area (Å²) in [5.74, 6) is -0.318. The predicted molar refractivity (Wildman–Crippen MR) is 129 cm³/mol. The summed E-state index contributed by atoms with van der Waals surface area (Å²) >= 11 is 0. The standard InChI is InChI=1S/C27H32N2O6/c1-27(2,3)35-24(30)9-6-13-28-14-12-19-17-21(11-10-20(19)18-28)33-15-16-34-29-25(31)22-7-4-5-8-23(22)26(29)32/h4-5,7-8,10-11,17H,6,9,12-16,18H2,1-3H3. The number of hydroxylamine groups is 2. The Morgan fingerprint density at radius 2 is 1.69 bits per heavy atom. The second-order valence-electron chi connectivity index (χ2n) is 9.78. The molecule has 186 valence electrons. The number of nitrogens with zero attached hydrogens (tertiary/aromatic N) is 2. The molecule has 0 N–H and O–H groups in total. The van der Waals surface area contributed by atoms with Gasteiger partial charge in [0.1, 0.15) is 24.6 Å². The predicted octanol–water partition coefficient (Wildman–Crippen LogP) is 3.77. The third-order valence-electron chi connectivity index (χ3n) is 5.87. The van der Waals surface area contributed by atoms with Crippen LogP contribution in [-0.2, 0) is 27.3 Å². The van der Waals surface area contributed by atoms with Crippen molar-refractivity contribution in [2.24, 2.45) is 0 Å². The number of fused-ring (bicyclic) bond motifs is 2. The van der Waals surface area contributed by atoms with Crippen LogP contribution in [0.2, 0.25) is 0 Å². The van der Waals surface area contributed by atoms with E-state index < -0.39 is 17.4 Å². The number of carbonyl (C=O) groups is 3. The Bertz CT molecular complexity index is 1070. The molecule has 2 aliphatic heterocycles. The van der Waals surface area contributed by atoms with Gasteiger partial charge in [0.25, 0.3) is 11.8 Å². The van der Waals surface area contributed by atoms with E-state index >= 15 is 0 Å². The van der Waals surface area contributed by atoms with Crippen LogP contribution in [0.15, 0.2) is 42.5 Å². The second-order valence-corrected chi connectivity index (χ2v) is 9.78. The molecule has 8 nitrogen and oxygen atoms in total. The molecule has 8 heteroatoms. The van der Waals surface area contributed by atoms with Gasteiger partial charge in [0, 0.05) is 19.5 Å². The van der Waals surface area contributed by atoms with Crippen molar-refractivity contribution < 1.29 is 28.7 Å². The average Bonchev–Trinajstić information content (AvgIpc) is 3.05. The van der Waals surface area contributed by atoms with Crippen LogP contribution in [-0.4, -0.2) is 59.7 Å². The fraction of sp³-hybridized carbons (Fsp3) is 0.444. The first-order valence-electron chi connectivity index (χ1n) is 12.0. The van der Waals surface area contributed by atoms with E-state index in [1.165, 1.54) is 11.1 Å². The molecule has 2 heterocycles. The van der Waals surface area contributed by atoms with Gasteiger partial charge in [0.05, 0.1) is 11.1 Å². The highest BCUT2D eigenvalue weighted by molar-refractivity contribution is 6.20. The third kappa shape index (κ3) is 6.26. The van der Waals surface area contributed by atoms with Gasteiger partial charge in [-0.25, -0.2) is 0 Å². The first-order chi connectivity index (χ1) is 16.7. The number of rotatable bonds is 9. The minimum atomic E-state index is -0.449. The summed E-state index contributed by atoms with van der Waals surface area (Å²) in [5, 5.41) is 0.804. The highest BCUT2D eigenvalue weighted by atomic mass is 16.7. The molecule has 0 saturated carbocycles. The summed E-state index contributed by atoms with van der Waals surface area (Å²) in [6.45, 7) is 8.55. The molecule has 4 rings (SSSR count). The molecule has 0 atom stereocenters. The van der Waals surface area contributed by atoms with Gasteiger partial charge < -0.3 is 9.47 Å². The maximum atomic E-state index is 12.3. The minimum Gasteiger partial charge on any atom is -0.491 e. The Morgan fingerprint density at radius 3 is 2.37 bits per heavy atom. The van der Waals surface area contributed by atoms with Crippen LogP contribution in [0, 0.1) is 0 Å². The zero-order valence-corrected chi connectivity index (χ0v) is 20.5. The lowest BCUT2D eigenvalue weighted by atomic mass is 9.99. The SMILES string of the molecule is CC(C)(C)OC(=O)CCCN1CCc2cc(OCCON3C(=O)c4ccccc4C3=O)ccc2C1. The van der Waals surface area contributed by atoms with Gasteiger partial charge in [0.15, 0.2) is 0 Å². The summed E-state index contributed by atoms with van der Waals surface area (Å²) in [4.78, 5) is 44.3. The number of hydrogen-bond donors (Lipinski definition) is 0. The maximum Gasteiger partial charge on any atom is 0.306 e. The average molecular weight is 481 g/mol. The molecule has 2 aromatic carbocycles. The molecular formula is C27H32N2O6. The van der Waals surface area contributed by atoms with Crippen LogP contribution >= 0.6 is 0 Å². The smallest absolute Gasteiger partial charge is 0.306 e. The first kappa shape index (κ1) is 24.9. The summed E-state index contributed by atoms with van der Waals surface area (Å²) in [6.07, 6.45) is 2.11. The Kier molecular flexibility index (Phi) is 7.52. The molecule has 0 spiro atoms. The Morgan fingerprint density at radius 1 is 0.971 bits per heavy atom. The second kappa shape index (κ2) is 10.6. The summed E-state index contributed by atoms with van der Waals surface area (Å²) in [6, 6.07) is 12.7. The fourth-order valence-corrected chi connectivity index (χ4v) is 4.28. The van der Waals surface area contributed by atoms with Crippen molar-refractivity contribution in [2.75, 3.05) is 26.3 Å². The molecule has 0 fully saturated rings. The van der Waals surface area contributed by atoms with Crippen molar-refractivity contribution in [1.82, 2.24) is 9.96 Å². The van der Waals surface area contributed by atoms with Gasteiger partial charge in [-0.1, -0.05) is 18.2 Å². The summed E-state index contributed by atoms with van der Waals surface area (Å²) < 4.78 is 11.2. The van der Waals surface area contributed by atoms with Crippen molar-refractivity contribution in [2.45, 2.75) is 52.2 Å². The lowest BCUT2D eigenvalue weighted by Gasteiger charge is -2.29. The quantitative estimate of drug-likeness (QED) is 0.307. The molecule has 0 bridgehead atoms. The zero-order valence-electron chi connectivity index (χ0n) is 20.5. The minimum absolute atomic E-state index is 0.0774. The summed E-state index contributed by atoms with van der Waals surface area (Å²) in [5.41, 5.74) is 2.76. The van der Waals surface area contributed by atoms with Gasteiger partial charge in [-0.05, 0) is 75.5 Å². The van der Waals surface area contributed by atoms with Crippen LogP contribution in [0.25, 0.3) is 0 Å². The monoisotopic (exact) mass is 480 g/mol. The fourth-order valence-electron chi connectivity index (χ4n) is 4.28. The number of imide groups is 1. The molecule has 2 amide bonds. The number of amides is 2. The first-order valence-corrected chi connectivity index (χ1v) is 12.0. The third-order valence-corrected chi connectivity index (χ3v) is 5.87. The Hall–Kier alpha value is -3.23. The van der Waals surface area contributed by atoms with Crippen molar-refractivity contribution in [3.63, 3.8) is 0 Å². The van der Waals surface area contributed by atoms with Crippen LogP contribution < -0.4 is 4.74 Å². The highest BCUT2D eigenvalue weighted by Crippen LogP contribution is 2.25. The van der Waals surface area contributed by atoms with Crippen LogP contribution in [0.4, 0.5) is 0 Å². The molecule has 2 aliphatic rings. The van der Waals surface area contributed by atoms with Gasteiger partial charge >= 0.3 is 5.97 Å². The van der Waals surface area contributed by atoms with Gasteiger partial charge in [-0.15, -0.1) is 5.06 Å². The number of hydrogen-bond acceptors (Lipinski definition) is 7. The Labute approximate surface area is 205 Å². The van der Waals surface area contributed by atoms with Crippen molar-refractivity contribution in [3.05, 3.63) is 64.7 Å². The van der Waals surface area contributed by atoms with Gasteiger partial charge in [-0.3, -0.25) is 24.1 Å². The highest BCUT2D eigenvalue weighted by Gasteiger charge is 2.36. The van der Waals surface area contributed by atoms with E-state index in [1.807, 2.05) is 32.9 Å².